The Hall–Kier alpha value is -5.74. The van der Waals surface area contributed by atoms with E-state index in [9.17, 15) is 0 Å². The zero-order valence-corrected chi connectivity index (χ0v) is 22.8. The average molecular weight is 539 g/mol. The van der Waals surface area contributed by atoms with Gasteiger partial charge < -0.3 is 0 Å². The fraction of sp³-hybridized carbons (Fsp3) is 0. The SMILES string of the molecule is c1ccc(-c2nc3ccccc3n2-c2ccc(-c3ccc(-n4c(-c5ccccc5)nc5ccccc54)cc3)cc2)cc1. The van der Waals surface area contributed by atoms with Crippen LogP contribution in [0.3, 0.4) is 0 Å². The van der Waals surface area contributed by atoms with E-state index in [4.69, 9.17) is 9.97 Å². The van der Waals surface area contributed by atoms with E-state index in [0.29, 0.717) is 0 Å². The van der Waals surface area contributed by atoms with E-state index in [1.54, 1.807) is 0 Å². The van der Waals surface area contributed by atoms with Crippen molar-refractivity contribution < 1.29 is 0 Å². The molecule has 2 heterocycles. The van der Waals surface area contributed by atoms with E-state index >= 15 is 0 Å². The van der Waals surface area contributed by atoms with E-state index in [1.165, 1.54) is 0 Å². The number of hydrogen-bond donors (Lipinski definition) is 0. The summed E-state index contributed by atoms with van der Waals surface area (Å²) < 4.78 is 4.49. The number of hydrogen-bond acceptors (Lipinski definition) is 2. The molecule has 0 saturated heterocycles. The second-order valence-corrected chi connectivity index (χ2v) is 10.3. The van der Waals surface area contributed by atoms with Gasteiger partial charge in [0.15, 0.2) is 0 Å². The van der Waals surface area contributed by atoms with Crippen LogP contribution in [0.1, 0.15) is 0 Å². The molecule has 0 N–H and O–H groups in total. The molecule has 0 aliphatic rings. The Labute approximate surface area is 243 Å². The normalized spacial score (nSPS) is 11.3. The molecule has 8 aromatic rings. The highest BCUT2D eigenvalue weighted by molar-refractivity contribution is 5.85. The van der Waals surface area contributed by atoms with E-state index < -0.39 is 0 Å². The Kier molecular flexibility index (Phi) is 5.75. The molecule has 8 rings (SSSR count). The lowest BCUT2D eigenvalue weighted by Gasteiger charge is -2.12. The van der Waals surface area contributed by atoms with Gasteiger partial charge in [0.1, 0.15) is 11.6 Å². The summed E-state index contributed by atoms with van der Waals surface area (Å²) in [7, 11) is 0. The third kappa shape index (κ3) is 4.09. The average Bonchev–Trinajstić information content (AvgIpc) is 3.65. The van der Waals surface area contributed by atoms with Gasteiger partial charge in [-0.25, -0.2) is 9.97 Å². The Bertz CT molecular complexity index is 2000. The van der Waals surface area contributed by atoms with Crippen LogP contribution in [0.25, 0.3) is 67.3 Å². The van der Waals surface area contributed by atoms with Crippen LogP contribution in [-0.4, -0.2) is 19.1 Å². The monoisotopic (exact) mass is 538 g/mol. The molecule has 0 bridgehead atoms. The highest BCUT2D eigenvalue weighted by Gasteiger charge is 2.16. The van der Waals surface area contributed by atoms with Crippen LogP contribution in [-0.2, 0) is 0 Å². The number of benzene rings is 6. The minimum atomic E-state index is 0.940. The van der Waals surface area contributed by atoms with Crippen molar-refractivity contribution >= 4 is 22.1 Å². The third-order valence-electron chi connectivity index (χ3n) is 7.77. The molecule has 6 aromatic carbocycles. The lowest BCUT2D eigenvalue weighted by atomic mass is 10.0. The van der Waals surface area contributed by atoms with Gasteiger partial charge in [-0.15, -0.1) is 0 Å². The van der Waals surface area contributed by atoms with Crippen molar-refractivity contribution in [1.82, 2.24) is 19.1 Å². The molecule has 4 nitrogen and oxygen atoms in total. The maximum absolute atomic E-state index is 4.98. The molecule has 0 aliphatic heterocycles. The number of aromatic nitrogens is 4. The molecule has 0 atom stereocenters. The molecule has 2 aromatic heterocycles. The van der Waals surface area contributed by atoms with Gasteiger partial charge in [0.2, 0.25) is 0 Å². The number of nitrogens with zero attached hydrogens (tertiary/aromatic N) is 4. The van der Waals surface area contributed by atoms with Crippen LogP contribution in [0.5, 0.6) is 0 Å². The molecule has 0 unspecified atom stereocenters. The van der Waals surface area contributed by atoms with Gasteiger partial charge in [0, 0.05) is 22.5 Å². The third-order valence-corrected chi connectivity index (χ3v) is 7.77. The fourth-order valence-electron chi connectivity index (χ4n) is 5.74. The minimum Gasteiger partial charge on any atom is -0.292 e. The van der Waals surface area contributed by atoms with Crippen LogP contribution in [0.4, 0.5) is 0 Å². The summed E-state index contributed by atoms with van der Waals surface area (Å²) in [5.74, 6) is 1.88. The molecule has 42 heavy (non-hydrogen) atoms. The molecule has 0 fully saturated rings. The standard InChI is InChI=1S/C38H26N4/c1-3-11-29(12-4-1)37-39-33-15-7-9-17-35(33)41(37)31-23-19-27(20-24-31)28-21-25-32(26-22-28)42-36-18-10-8-16-34(36)40-38(42)30-13-5-2-6-14-30/h1-26H. The molecule has 0 amide bonds. The summed E-state index contributed by atoms with van der Waals surface area (Å²) in [4.78, 5) is 9.96. The lowest BCUT2D eigenvalue weighted by Crippen LogP contribution is -1.98. The van der Waals surface area contributed by atoms with E-state index in [2.05, 4.69) is 143 Å². The van der Waals surface area contributed by atoms with Crippen LogP contribution in [0.15, 0.2) is 158 Å². The molecule has 4 heteroatoms. The Balaban J connectivity index is 1.17. The minimum absolute atomic E-state index is 0.940. The van der Waals surface area contributed by atoms with Gasteiger partial charge in [0.05, 0.1) is 22.1 Å². The molecule has 0 aliphatic carbocycles. The van der Waals surface area contributed by atoms with Crippen LogP contribution in [0.2, 0.25) is 0 Å². The first-order chi connectivity index (χ1) is 20.8. The van der Waals surface area contributed by atoms with Crippen molar-refractivity contribution in [2.75, 3.05) is 0 Å². The number of fused-ring (bicyclic) bond motifs is 2. The Morgan fingerprint density at radius 1 is 0.310 bits per heavy atom. The smallest absolute Gasteiger partial charge is 0.145 e. The van der Waals surface area contributed by atoms with Crippen molar-refractivity contribution in [3.8, 4) is 45.3 Å². The topological polar surface area (TPSA) is 35.6 Å². The molecule has 198 valence electrons. The first-order valence-corrected chi connectivity index (χ1v) is 14.1. The summed E-state index contributed by atoms with van der Waals surface area (Å²) in [6.07, 6.45) is 0. The Morgan fingerprint density at radius 2 is 0.667 bits per heavy atom. The summed E-state index contributed by atoms with van der Waals surface area (Å²) in [6.45, 7) is 0. The first kappa shape index (κ1) is 24.1. The largest absolute Gasteiger partial charge is 0.292 e. The maximum atomic E-state index is 4.98. The van der Waals surface area contributed by atoms with Gasteiger partial charge in [-0.1, -0.05) is 109 Å². The summed E-state index contributed by atoms with van der Waals surface area (Å²) in [6, 6.07) is 54.8. The van der Waals surface area contributed by atoms with Crippen molar-refractivity contribution in [1.29, 1.82) is 0 Å². The van der Waals surface area contributed by atoms with E-state index in [1.807, 2.05) is 24.3 Å². The van der Waals surface area contributed by atoms with Crippen molar-refractivity contribution in [3.63, 3.8) is 0 Å². The maximum Gasteiger partial charge on any atom is 0.145 e. The summed E-state index contributed by atoms with van der Waals surface area (Å²) in [5, 5.41) is 0. The van der Waals surface area contributed by atoms with Gasteiger partial charge in [-0.3, -0.25) is 9.13 Å². The van der Waals surface area contributed by atoms with Gasteiger partial charge in [0.25, 0.3) is 0 Å². The summed E-state index contributed by atoms with van der Waals surface area (Å²) in [5.41, 5.74) is 10.8. The fourth-order valence-corrected chi connectivity index (χ4v) is 5.74. The predicted octanol–water partition coefficient (Wildman–Crippen LogP) is 9.37. The van der Waals surface area contributed by atoms with Crippen LogP contribution in [0, 0.1) is 0 Å². The second-order valence-electron chi connectivity index (χ2n) is 10.3. The first-order valence-electron chi connectivity index (χ1n) is 14.1. The zero-order valence-electron chi connectivity index (χ0n) is 22.8. The van der Waals surface area contributed by atoms with Gasteiger partial charge >= 0.3 is 0 Å². The van der Waals surface area contributed by atoms with E-state index in [-0.39, 0.29) is 0 Å². The summed E-state index contributed by atoms with van der Waals surface area (Å²) >= 11 is 0. The van der Waals surface area contributed by atoms with Crippen molar-refractivity contribution in [2.24, 2.45) is 0 Å². The second kappa shape index (κ2) is 10.0. The van der Waals surface area contributed by atoms with E-state index in [0.717, 1.165) is 67.3 Å². The molecule has 0 radical (unpaired) electrons. The number of para-hydroxylation sites is 4. The Morgan fingerprint density at radius 3 is 1.07 bits per heavy atom. The van der Waals surface area contributed by atoms with Crippen LogP contribution < -0.4 is 0 Å². The lowest BCUT2D eigenvalue weighted by molar-refractivity contribution is 1.10. The molecular formula is C38H26N4. The molecule has 0 spiro atoms. The highest BCUT2D eigenvalue weighted by Crippen LogP contribution is 2.32. The van der Waals surface area contributed by atoms with Gasteiger partial charge in [-0.2, -0.15) is 0 Å². The van der Waals surface area contributed by atoms with Crippen LogP contribution >= 0.6 is 0 Å². The predicted molar refractivity (Wildman–Crippen MR) is 172 cm³/mol. The molecule has 0 saturated carbocycles. The van der Waals surface area contributed by atoms with Gasteiger partial charge in [-0.05, 0) is 59.7 Å². The van der Waals surface area contributed by atoms with Crippen molar-refractivity contribution in [2.45, 2.75) is 0 Å². The molecular weight excluding hydrogens is 512 g/mol. The van der Waals surface area contributed by atoms with Crippen molar-refractivity contribution in [3.05, 3.63) is 158 Å². The highest BCUT2D eigenvalue weighted by atomic mass is 15.1. The zero-order chi connectivity index (χ0) is 27.9. The number of imidazole rings is 2. The number of rotatable bonds is 5. The quantitative estimate of drug-likeness (QED) is 0.219.